The number of halogens is 1. The second-order valence-electron chi connectivity index (χ2n) is 12.5. The first-order valence-electron chi connectivity index (χ1n) is 16.7. The van der Waals surface area contributed by atoms with Gasteiger partial charge in [0.05, 0.1) is 31.0 Å². The molecule has 0 amide bonds. The first-order valence-corrected chi connectivity index (χ1v) is 23.1. The molecule has 10 unspecified atom stereocenters. The maximum absolute atomic E-state index is 15.9. The Hall–Kier alpha value is -2.59. The zero-order valence-electron chi connectivity index (χ0n) is 28.5. The first-order chi connectivity index (χ1) is 25.5. The van der Waals surface area contributed by atoms with Crippen molar-refractivity contribution in [2.45, 2.75) is 75.0 Å². The molecule has 3 aliphatic rings. The molecule has 2 saturated heterocycles. The molecule has 53 heavy (non-hydrogen) atoms. The summed E-state index contributed by atoms with van der Waals surface area (Å²) >= 11 is 1.56. The smallest absolute Gasteiger partial charge is 0.386 e. The lowest BCUT2D eigenvalue weighted by Gasteiger charge is -2.25. The van der Waals surface area contributed by atoms with Gasteiger partial charge in [-0.1, -0.05) is 0 Å². The highest BCUT2D eigenvalue weighted by atomic mass is 32.7. The number of aliphatic hydroxyl groups excluding tert-OH is 1. The summed E-state index contributed by atoms with van der Waals surface area (Å²) in [7, 11) is -2.28. The molecule has 0 aromatic carbocycles. The number of rotatable bonds is 15. The number of hydrogen-bond donors (Lipinski definition) is 4. The number of hydrogen-bond acceptors (Lipinski definition) is 17. The maximum Gasteiger partial charge on any atom is 0.585 e. The Kier molecular flexibility index (Phi) is 11.9. The average molecular weight is 819 g/mol. The van der Waals surface area contributed by atoms with Crippen LogP contribution in [0.4, 0.5) is 10.2 Å². The first kappa shape index (κ1) is 38.7. The molecule has 7 heterocycles. The standard InChI is InChI=1S/C29H38FN9O10P2S2/c1-52-50(42)49-18(17-8-16(30)28(47-17)38-9-15-4-3-6-32-24-20(15)25(38)34-12-33-24)10-45-23-19(11-46-51(43,44)53-2)48-29(22(23)40)39-14-35-21-26(39)36-13-37(7-5-31)27(21)41/h9,12-14,16-19,22-23,28-29,40H,3-8,10-11,31H2,1-2H3,(H-,32,33,34,43,44)/p+1. The molecule has 7 rings (SSSR count). The highest BCUT2D eigenvalue weighted by molar-refractivity contribution is 8.54. The van der Waals surface area contributed by atoms with Gasteiger partial charge in [-0.3, -0.25) is 18.5 Å². The van der Waals surface area contributed by atoms with Gasteiger partial charge in [-0.05, 0) is 40.6 Å². The number of imidazole rings is 1. The van der Waals surface area contributed by atoms with Crippen molar-refractivity contribution in [3.63, 3.8) is 0 Å². The van der Waals surface area contributed by atoms with Crippen LogP contribution in [0.2, 0.25) is 0 Å². The fourth-order valence-corrected chi connectivity index (χ4v) is 8.84. The van der Waals surface area contributed by atoms with E-state index in [9.17, 15) is 23.9 Å². The van der Waals surface area contributed by atoms with Gasteiger partial charge < -0.3 is 39.8 Å². The molecule has 4 aromatic rings. The lowest BCUT2D eigenvalue weighted by molar-refractivity contribution is -0.109. The quantitative estimate of drug-likeness (QED) is 0.126. The van der Waals surface area contributed by atoms with Crippen LogP contribution in [0.25, 0.3) is 22.2 Å². The second-order valence-corrected chi connectivity index (χ2v) is 19.6. The molecule has 4 aromatic heterocycles. The Morgan fingerprint density at radius 2 is 2.02 bits per heavy atom. The minimum atomic E-state index is -4.08. The monoisotopic (exact) mass is 818 g/mol. The van der Waals surface area contributed by atoms with Crippen molar-refractivity contribution >= 4 is 64.8 Å². The van der Waals surface area contributed by atoms with Crippen LogP contribution < -0.4 is 16.6 Å². The number of alkyl halides is 1. The van der Waals surface area contributed by atoms with Crippen LogP contribution in [0.3, 0.4) is 0 Å². The molecule has 0 aliphatic carbocycles. The third-order valence-corrected chi connectivity index (χ3v) is 13.9. The number of anilines is 1. The Labute approximate surface area is 310 Å². The highest BCUT2D eigenvalue weighted by Gasteiger charge is 2.50. The molecule has 288 valence electrons. The fourth-order valence-electron chi connectivity index (χ4n) is 6.81. The zero-order valence-corrected chi connectivity index (χ0v) is 32.0. The topological polar surface area (TPSA) is 242 Å². The van der Waals surface area contributed by atoms with Crippen LogP contribution in [-0.2, 0) is 45.4 Å². The molecule has 0 radical (unpaired) electrons. The molecule has 24 heteroatoms. The minimum absolute atomic E-state index is 0.0120. The van der Waals surface area contributed by atoms with E-state index in [2.05, 4.69) is 25.3 Å². The van der Waals surface area contributed by atoms with Gasteiger partial charge in [-0.25, -0.2) is 28.9 Å². The molecule has 0 bridgehead atoms. The molecule has 3 aliphatic heterocycles. The Bertz CT molecular complexity index is 2080. The van der Waals surface area contributed by atoms with E-state index in [1.54, 1.807) is 10.8 Å². The summed E-state index contributed by atoms with van der Waals surface area (Å²) in [5, 5.41) is 15.7. The zero-order chi connectivity index (χ0) is 37.4. The second kappa shape index (κ2) is 16.3. The lowest BCUT2D eigenvalue weighted by atomic mass is 10.1. The summed E-state index contributed by atoms with van der Waals surface area (Å²) in [4.78, 5) is 40.4. The number of aliphatic hydroxyl groups is 1. The number of aryl methyl sites for hydroxylation is 1. The maximum atomic E-state index is 15.9. The van der Waals surface area contributed by atoms with Crippen LogP contribution >= 0.6 is 36.8 Å². The average Bonchev–Trinajstić information content (AvgIpc) is 3.89. The number of nitrogens with one attached hydrogen (secondary N) is 1. The normalized spacial score (nSPS) is 27.9. The number of nitrogens with two attached hydrogens (primary N) is 1. The number of aromatic nitrogens is 7. The molecular weight excluding hydrogens is 779 g/mol. The Morgan fingerprint density at radius 3 is 2.79 bits per heavy atom. The van der Waals surface area contributed by atoms with Gasteiger partial charge in [0.15, 0.2) is 41.1 Å². The summed E-state index contributed by atoms with van der Waals surface area (Å²) < 4.78 is 75.1. The molecule has 19 nitrogen and oxygen atoms in total. The van der Waals surface area contributed by atoms with Gasteiger partial charge in [0.2, 0.25) is 0 Å². The van der Waals surface area contributed by atoms with Crippen LogP contribution in [0.1, 0.15) is 30.9 Å². The number of ether oxygens (including phenoxy) is 3. The van der Waals surface area contributed by atoms with Crippen molar-refractivity contribution < 1.29 is 46.8 Å². The van der Waals surface area contributed by atoms with E-state index in [4.69, 9.17) is 29.0 Å². The van der Waals surface area contributed by atoms with Crippen molar-refractivity contribution in [2.24, 2.45) is 5.73 Å². The van der Waals surface area contributed by atoms with Crippen LogP contribution in [0, 0.1) is 0 Å². The van der Waals surface area contributed by atoms with E-state index in [1.807, 2.05) is 6.20 Å². The summed E-state index contributed by atoms with van der Waals surface area (Å²) in [5.41, 5.74) is 6.77. The van der Waals surface area contributed by atoms with Crippen molar-refractivity contribution in [3.05, 3.63) is 41.1 Å². The van der Waals surface area contributed by atoms with Crippen molar-refractivity contribution in [1.29, 1.82) is 0 Å². The van der Waals surface area contributed by atoms with E-state index >= 15 is 4.39 Å². The molecule has 10 atom stereocenters. The van der Waals surface area contributed by atoms with Gasteiger partial charge in [-0.15, -0.1) is 4.52 Å². The van der Waals surface area contributed by atoms with Gasteiger partial charge in [0, 0.05) is 38.5 Å². The molecule has 5 N–H and O–H groups in total. The van der Waals surface area contributed by atoms with Gasteiger partial charge in [0.25, 0.3) is 5.56 Å². The third kappa shape index (κ3) is 7.79. The van der Waals surface area contributed by atoms with Crippen LogP contribution in [0.15, 0.2) is 30.0 Å². The summed E-state index contributed by atoms with van der Waals surface area (Å²) in [6.45, 7) is -3.73. The molecular formula is C29H39FN9O10P2S2+. The van der Waals surface area contributed by atoms with Crippen molar-refractivity contribution in [1.82, 2.24) is 33.6 Å². The summed E-state index contributed by atoms with van der Waals surface area (Å²) in [6.07, 6.45) is 0.659. The molecule has 0 saturated carbocycles. The third-order valence-electron chi connectivity index (χ3n) is 9.33. The van der Waals surface area contributed by atoms with E-state index < -0.39 is 75.3 Å². The van der Waals surface area contributed by atoms with Crippen molar-refractivity contribution in [2.75, 3.05) is 44.1 Å². The highest BCUT2D eigenvalue weighted by Crippen LogP contribution is 2.54. The van der Waals surface area contributed by atoms with Gasteiger partial charge >= 0.3 is 14.0 Å². The predicted molar refractivity (Wildman–Crippen MR) is 194 cm³/mol. The van der Waals surface area contributed by atoms with E-state index in [0.29, 0.717) is 22.8 Å². The summed E-state index contributed by atoms with van der Waals surface area (Å²) in [5.74, 6) is 0.671. The molecule has 0 spiro atoms. The number of nitrogens with zero attached hydrogens (tertiary/aromatic N) is 7. The van der Waals surface area contributed by atoms with E-state index in [-0.39, 0.29) is 37.3 Å². The fraction of sp³-hybridized carbons (Fsp3) is 0.621. The van der Waals surface area contributed by atoms with E-state index in [0.717, 1.165) is 41.7 Å². The molecule has 2 fully saturated rings. The summed E-state index contributed by atoms with van der Waals surface area (Å²) in [6, 6.07) is 0. The Balaban J connectivity index is 1.13. The SMILES string of the molecule is CS[P+](=O)OC(COC1C(COP(=O)(O)SC)OC(n2cnc3c(=O)n(CCN)cnc32)C1O)C1CC(F)C(n2cc3c4c(ncnc42)NCCC3)O1. The van der Waals surface area contributed by atoms with Gasteiger partial charge in [0.1, 0.15) is 48.6 Å². The Morgan fingerprint density at radius 1 is 1.19 bits per heavy atom. The van der Waals surface area contributed by atoms with E-state index in [1.165, 1.54) is 34.4 Å². The largest absolute Gasteiger partial charge is 0.585 e. The van der Waals surface area contributed by atoms with Crippen LogP contribution in [0.5, 0.6) is 0 Å². The van der Waals surface area contributed by atoms with Crippen molar-refractivity contribution in [3.8, 4) is 0 Å². The lowest BCUT2D eigenvalue weighted by Crippen LogP contribution is -2.41. The van der Waals surface area contributed by atoms with Gasteiger partial charge in [-0.2, -0.15) is 0 Å². The minimum Gasteiger partial charge on any atom is -0.386 e. The number of fused-ring (bicyclic) bond motifs is 1. The van der Waals surface area contributed by atoms with Crippen LogP contribution in [-0.4, -0.2) is 119 Å². The predicted octanol–water partition coefficient (Wildman–Crippen LogP) is 2.51.